The zero-order valence-corrected chi connectivity index (χ0v) is 13.5. The third kappa shape index (κ3) is 3.64. The molecule has 1 N–H and O–H groups in total. The minimum absolute atomic E-state index is 0.0505. The van der Waals surface area contributed by atoms with Crippen molar-refractivity contribution >= 4 is 22.5 Å². The number of aryl methyl sites for hydroxylation is 1. The number of carbonyl (C=O) groups excluding carboxylic acids is 1. The van der Waals surface area contributed by atoms with E-state index in [1.54, 1.807) is 6.20 Å². The van der Waals surface area contributed by atoms with Crippen LogP contribution in [-0.2, 0) is 6.54 Å². The van der Waals surface area contributed by atoms with Crippen LogP contribution in [0.3, 0.4) is 0 Å². The second-order valence-corrected chi connectivity index (χ2v) is 6.35. The minimum Gasteiger partial charge on any atom is -0.322 e. The number of nitrogens with zero attached hydrogens (tertiary/aromatic N) is 3. The monoisotopic (exact) mass is 316 g/mol. The first kappa shape index (κ1) is 15.0. The molecule has 1 fully saturated rings. The van der Waals surface area contributed by atoms with Crippen molar-refractivity contribution in [3.05, 3.63) is 47.0 Å². The van der Waals surface area contributed by atoms with Gasteiger partial charge in [0.05, 0.1) is 0 Å². The number of carbonyl (C=O) groups is 1. The molecule has 22 heavy (non-hydrogen) atoms. The standard InChI is InChI=1S/C16H20N4OS/c1-13-4-2-3-5-14(13)12-19-7-9-20(10-8-19)16(21)18-15-17-6-11-22-15/h2-6,11H,7-10,12H2,1H3,(H,17,18,21). The molecule has 1 aliphatic rings. The van der Waals surface area contributed by atoms with Crippen LogP contribution in [-0.4, -0.2) is 47.0 Å². The summed E-state index contributed by atoms with van der Waals surface area (Å²) in [5.41, 5.74) is 2.69. The SMILES string of the molecule is Cc1ccccc1CN1CCN(C(=O)Nc2nccs2)CC1. The third-order valence-electron chi connectivity index (χ3n) is 3.96. The largest absolute Gasteiger partial charge is 0.323 e. The molecule has 1 aromatic carbocycles. The number of urea groups is 1. The molecule has 0 atom stereocenters. The molecule has 2 heterocycles. The van der Waals surface area contributed by atoms with Gasteiger partial charge in [0.1, 0.15) is 0 Å². The van der Waals surface area contributed by atoms with Crippen molar-refractivity contribution in [3.63, 3.8) is 0 Å². The number of rotatable bonds is 3. The highest BCUT2D eigenvalue weighted by Gasteiger charge is 2.21. The third-order valence-corrected chi connectivity index (χ3v) is 4.65. The van der Waals surface area contributed by atoms with Gasteiger partial charge in [-0.3, -0.25) is 10.2 Å². The van der Waals surface area contributed by atoms with Crippen molar-refractivity contribution in [2.24, 2.45) is 0 Å². The first-order chi connectivity index (χ1) is 10.7. The Bertz CT molecular complexity index is 621. The average molecular weight is 316 g/mol. The molecule has 0 spiro atoms. The van der Waals surface area contributed by atoms with E-state index in [0.717, 1.165) is 32.7 Å². The van der Waals surface area contributed by atoms with Crippen molar-refractivity contribution < 1.29 is 4.79 Å². The van der Waals surface area contributed by atoms with Gasteiger partial charge in [-0.05, 0) is 18.1 Å². The summed E-state index contributed by atoms with van der Waals surface area (Å²) in [6.45, 7) is 6.41. The van der Waals surface area contributed by atoms with Crippen LogP contribution in [0.2, 0.25) is 0 Å². The molecule has 2 amide bonds. The van der Waals surface area contributed by atoms with E-state index in [4.69, 9.17) is 0 Å². The van der Waals surface area contributed by atoms with Crippen LogP contribution in [0.5, 0.6) is 0 Å². The van der Waals surface area contributed by atoms with Gasteiger partial charge in [-0.2, -0.15) is 0 Å². The van der Waals surface area contributed by atoms with E-state index in [1.165, 1.54) is 22.5 Å². The lowest BCUT2D eigenvalue weighted by atomic mass is 10.1. The zero-order chi connectivity index (χ0) is 15.4. The summed E-state index contributed by atoms with van der Waals surface area (Å²) in [4.78, 5) is 20.5. The number of hydrogen-bond donors (Lipinski definition) is 1. The molecule has 1 aliphatic heterocycles. The second-order valence-electron chi connectivity index (χ2n) is 5.46. The summed E-state index contributed by atoms with van der Waals surface area (Å²) in [5, 5.41) is 5.36. The molecule has 5 nitrogen and oxygen atoms in total. The summed E-state index contributed by atoms with van der Waals surface area (Å²) >= 11 is 1.44. The van der Waals surface area contributed by atoms with Gasteiger partial charge in [0.25, 0.3) is 0 Å². The van der Waals surface area contributed by atoms with Crippen LogP contribution >= 0.6 is 11.3 Å². The van der Waals surface area contributed by atoms with Gasteiger partial charge in [0, 0.05) is 44.3 Å². The Kier molecular flexibility index (Phi) is 4.70. The maximum absolute atomic E-state index is 12.1. The Labute approximate surface area is 134 Å². The normalized spacial score (nSPS) is 15.8. The van der Waals surface area contributed by atoms with Crippen molar-refractivity contribution in [3.8, 4) is 0 Å². The summed E-state index contributed by atoms with van der Waals surface area (Å²) in [6, 6.07) is 8.43. The predicted octanol–water partition coefficient (Wildman–Crippen LogP) is 2.80. The molecular formula is C16H20N4OS. The molecular weight excluding hydrogens is 296 g/mol. The number of hydrogen-bond acceptors (Lipinski definition) is 4. The first-order valence-electron chi connectivity index (χ1n) is 7.44. The molecule has 2 aromatic rings. The van der Waals surface area contributed by atoms with Crippen LogP contribution < -0.4 is 5.32 Å². The summed E-state index contributed by atoms with van der Waals surface area (Å²) in [5.74, 6) is 0. The van der Waals surface area contributed by atoms with E-state index >= 15 is 0 Å². The zero-order valence-electron chi connectivity index (χ0n) is 12.7. The molecule has 6 heteroatoms. The van der Waals surface area contributed by atoms with Crippen molar-refractivity contribution in [1.82, 2.24) is 14.8 Å². The molecule has 116 valence electrons. The molecule has 0 aliphatic carbocycles. The molecule has 1 aromatic heterocycles. The molecule has 0 bridgehead atoms. The highest BCUT2D eigenvalue weighted by atomic mass is 32.1. The van der Waals surface area contributed by atoms with E-state index in [0.29, 0.717) is 5.13 Å². The quantitative estimate of drug-likeness (QED) is 0.947. The smallest absolute Gasteiger partial charge is 0.322 e. The van der Waals surface area contributed by atoms with E-state index < -0.39 is 0 Å². The lowest BCUT2D eigenvalue weighted by Crippen LogP contribution is -2.49. The number of nitrogens with one attached hydrogen (secondary N) is 1. The van der Waals surface area contributed by atoms with E-state index in [1.807, 2.05) is 10.3 Å². The maximum Gasteiger partial charge on any atom is 0.323 e. The fraction of sp³-hybridized carbons (Fsp3) is 0.375. The predicted molar refractivity (Wildman–Crippen MR) is 89.2 cm³/mol. The van der Waals surface area contributed by atoms with Crippen LogP contribution in [0.4, 0.5) is 9.93 Å². The lowest BCUT2D eigenvalue weighted by molar-refractivity contribution is 0.143. The minimum atomic E-state index is -0.0505. The molecule has 3 rings (SSSR count). The number of thiazole rings is 1. The Hall–Kier alpha value is -1.92. The fourth-order valence-electron chi connectivity index (χ4n) is 2.59. The summed E-state index contributed by atoms with van der Waals surface area (Å²) in [7, 11) is 0. The van der Waals surface area contributed by atoms with E-state index in [2.05, 4.69) is 46.4 Å². The Morgan fingerprint density at radius 1 is 1.27 bits per heavy atom. The van der Waals surface area contributed by atoms with Gasteiger partial charge in [0.2, 0.25) is 0 Å². The number of piperazine rings is 1. The van der Waals surface area contributed by atoms with Crippen LogP contribution in [0.25, 0.3) is 0 Å². The Morgan fingerprint density at radius 3 is 2.73 bits per heavy atom. The number of amides is 2. The lowest BCUT2D eigenvalue weighted by Gasteiger charge is -2.34. The Balaban J connectivity index is 1.50. The Morgan fingerprint density at radius 2 is 2.05 bits per heavy atom. The van der Waals surface area contributed by atoms with Crippen LogP contribution in [0, 0.1) is 6.92 Å². The topological polar surface area (TPSA) is 48.5 Å². The average Bonchev–Trinajstić information content (AvgIpc) is 3.03. The number of aromatic nitrogens is 1. The van der Waals surface area contributed by atoms with Gasteiger partial charge in [-0.1, -0.05) is 24.3 Å². The summed E-state index contributed by atoms with van der Waals surface area (Å²) < 4.78 is 0. The van der Waals surface area contributed by atoms with Crippen molar-refractivity contribution in [1.29, 1.82) is 0 Å². The van der Waals surface area contributed by atoms with Crippen LogP contribution in [0.15, 0.2) is 35.8 Å². The van der Waals surface area contributed by atoms with Gasteiger partial charge >= 0.3 is 6.03 Å². The van der Waals surface area contributed by atoms with E-state index in [-0.39, 0.29) is 6.03 Å². The number of anilines is 1. The second kappa shape index (κ2) is 6.89. The highest BCUT2D eigenvalue weighted by Crippen LogP contribution is 2.14. The van der Waals surface area contributed by atoms with Crippen LogP contribution in [0.1, 0.15) is 11.1 Å². The van der Waals surface area contributed by atoms with Crippen molar-refractivity contribution in [2.75, 3.05) is 31.5 Å². The van der Waals surface area contributed by atoms with Gasteiger partial charge in [-0.15, -0.1) is 11.3 Å². The fourth-order valence-corrected chi connectivity index (χ4v) is 3.11. The van der Waals surface area contributed by atoms with Gasteiger partial charge in [-0.25, -0.2) is 9.78 Å². The summed E-state index contributed by atoms with van der Waals surface area (Å²) in [6.07, 6.45) is 1.69. The highest BCUT2D eigenvalue weighted by molar-refractivity contribution is 7.13. The van der Waals surface area contributed by atoms with Gasteiger partial charge in [0.15, 0.2) is 5.13 Å². The molecule has 1 saturated heterocycles. The molecule has 0 saturated carbocycles. The maximum atomic E-state index is 12.1. The van der Waals surface area contributed by atoms with E-state index in [9.17, 15) is 4.79 Å². The van der Waals surface area contributed by atoms with Gasteiger partial charge < -0.3 is 4.90 Å². The number of benzene rings is 1. The first-order valence-corrected chi connectivity index (χ1v) is 8.32. The van der Waals surface area contributed by atoms with Crippen molar-refractivity contribution in [2.45, 2.75) is 13.5 Å². The molecule has 0 radical (unpaired) electrons. The molecule has 0 unspecified atom stereocenters.